The molecule has 1 aromatic rings. The first-order valence-electron chi connectivity index (χ1n) is 6.01. The summed E-state index contributed by atoms with van der Waals surface area (Å²) in [4.78, 5) is 3.74. The number of aliphatic hydroxyl groups excluding tert-OH is 1. The van der Waals surface area contributed by atoms with Crippen molar-refractivity contribution in [1.82, 2.24) is 9.29 Å². The van der Waals surface area contributed by atoms with Crippen molar-refractivity contribution in [3.63, 3.8) is 0 Å². The standard InChI is InChI=1S/C11H16ClN3O4S/c1-7-6-19-8(5-16)4-15(7)20(17,18)9-2-10(12)11(13)14-3-9/h2-3,7-8,16H,4-6H2,1H3,(H2,13,14). The van der Waals surface area contributed by atoms with Gasteiger partial charge in [-0.15, -0.1) is 0 Å². The first-order chi connectivity index (χ1) is 9.36. The maximum Gasteiger partial charge on any atom is 0.245 e. The van der Waals surface area contributed by atoms with Crippen LogP contribution in [0.1, 0.15) is 6.92 Å². The highest BCUT2D eigenvalue weighted by atomic mass is 35.5. The minimum atomic E-state index is -3.75. The summed E-state index contributed by atoms with van der Waals surface area (Å²) in [6.45, 7) is 1.81. The third-order valence-corrected chi connectivity index (χ3v) is 5.35. The highest BCUT2D eigenvalue weighted by Crippen LogP contribution is 2.25. The van der Waals surface area contributed by atoms with Crippen LogP contribution in [0.4, 0.5) is 5.82 Å². The summed E-state index contributed by atoms with van der Waals surface area (Å²) < 4.78 is 31.7. The van der Waals surface area contributed by atoms with Gasteiger partial charge in [0.2, 0.25) is 10.0 Å². The summed E-state index contributed by atoms with van der Waals surface area (Å²) in [5.41, 5.74) is 5.48. The molecule has 20 heavy (non-hydrogen) atoms. The number of ether oxygens (including phenoxy) is 1. The van der Waals surface area contributed by atoms with Crippen molar-refractivity contribution in [3.8, 4) is 0 Å². The molecule has 0 aliphatic carbocycles. The predicted octanol–water partition coefficient (Wildman–Crippen LogP) is 0.0875. The number of pyridine rings is 1. The molecule has 1 aliphatic rings. The van der Waals surface area contributed by atoms with E-state index in [1.807, 2.05) is 0 Å². The number of nitrogens with zero attached hydrogens (tertiary/aromatic N) is 2. The third-order valence-electron chi connectivity index (χ3n) is 3.10. The summed E-state index contributed by atoms with van der Waals surface area (Å²) in [5, 5.41) is 9.20. The SMILES string of the molecule is CC1COC(CO)CN1S(=O)(=O)c1cnc(N)c(Cl)c1. The lowest BCUT2D eigenvalue weighted by molar-refractivity contribution is -0.0516. The first-order valence-corrected chi connectivity index (χ1v) is 7.83. The summed E-state index contributed by atoms with van der Waals surface area (Å²) in [6.07, 6.45) is 0.644. The molecule has 2 rings (SSSR count). The van der Waals surface area contributed by atoms with E-state index in [9.17, 15) is 8.42 Å². The molecule has 2 unspecified atom stereocenters. The number of rotatable bonds is 3. The Balaban J connectivity index is 2.35. The number of aliphatic hydroxyl groups is 1. The Hall–Kier alpha value is -0.930. The van der Waals surface area contributed by atoms with Gasteiger partial charge in [-0.1, -0.05) is 11.6 Å². The van der Waals surface area contributed by atoms with Crippen LogP contribution < -0.4 is 5.73 Å². The van der Waals surface area contributed by atoms with Crippen LogP contribution in [-0.2, 0) is 14.8 Å². The van der Waals surface area contributed by atoms with Crippen LogP contribution in [-0.4, -0.2) is 54.7 Å². The quantitative estimate of drug-likeness (QED) is 0.817. The Morgan fingerprint density at radius 3 is 2.95 bits per heavy atom. The monoisotopic (exact) mass is 321 g/mol. The van der Waals surface area contributed by atoms with Gasteiger partial charge in [0, 0.05) is 18.8 Å². The van der Waals surface area contributed by atoms with Crippen molar-refractivity contribution in [1.29, 1.82) is 0 Å². The minimum Gasteiger partial charge on any atom is -0.394 e. The second-order valence-corrected chi connectivity index (χ2v) is 6.90. The summed E-state index contributed by atoms with van der Waals surface area (Å²) in [5.74, 6) is 0.0777. The zero-order valence-corrected chi connectivity index (χ0v) is 12.4. The molecule has 0 spiro atoms. The number of sulfonamides is 1. The number of morpholine rings is 1. The summed E-state index contributed by atoms with van der Waals surface area (Å²) in [7, 11) is -3.75. The molecule has 2 atom stereocenters. The molecule has 0 bridgehead atoms. The molecule has 112 valence electrons. The van der Waals surface area contributed by atoms with Gasteiger partial charge in [-0.05, 0) is 13.0 Å². The Morgan fingerprint density at radius 1 is 1.65 bits per heavy atom. The fourth-order valence-corrected chi connectivity index (χ4v) is 3.80. The smallest absolute Gasteiger partial charge is 0.245 e. The fraction of sp³-hybridized carbons (Fsp3) is 0.545. The third kappa shape index (κ3) is 2.89. The Morgan fingerprint density at radius 2 is 2.35 bits per heavy atom. The molecular formula is C11H16ClN3O4S. The van der Waals surface area contributed by atoms with Gasteiger partial charge in [-0.2, -0.15) is 4.31 Å². The molecule has 1 aliphatic heterocycles. The van der Waals surface area contributed by atoms with Gasteiger partial charge in [0.15, 0.2) is 0 Å². The van der Waals surface area contributed by atoms with E-state index < -0.39 is 16.1 Å². The highest BCUT2D eigenvalue weighted by molar-refractivity contribution is 7.89. The van der Waals surface area contributed by atoms with Crippen LogP contribution in [0.3, 0.4) is 0 Å². The average Bonchev–Trinajstić information content (AvgIpc) is 2.42. The second-order valence-electron chi connectivity index (χ2n) is 4.60. The number of nitrogens with two attached hydrogens (primary N) is 1. The van der Waals surface area contributed by atoms with Crippen LogP contribution in [0.5, 0.6) is 0 Å². The van der Waals surface area contributed by atoms with Gasteiger partial charge in [0.05, 0.1) is 24.3 Å². The molecule has 7 nitrogen and oxygen atoms in total. The molecule has 9 heteroatoms. The van der Waals surface area contributed by atoms with Crippen molar-refractivity contribution in [2.24, 2.45) is 0 Å². The normalized spacial score (nSPS) is 24.8. The van der Waals surface area contributed by atoms with Crippen molar-refractivity contribution < 1.29 is 18.3 Å². The molecule has 1 aromatic heterocycles. The van der Waals surface area contributed by atoms with E-state index in [1.54, 1.807) is 6.92 Å². The van der Waals surface area contributed by atoms with E-state index in [4.69, 9.17) is 27.2 Å². The van der Waals surface area contributed by atoms with E-state index in [0.717, 1.165) is 0 Å². The minimum absolute atomic E-state index is 0.0258. The second kappa shape index (κ2) is 5.82. The highest BCUT2D eigenvalue weighted by Gasteiger charge is 2.35. The Kier molecular flexibility index (Phi) is 4.50. The van der Waals surface area contributed by atoms with Crippen LogP contribution in [0, 0.1) is 0 Å². The van der Waals surface area contributed by atoms with Crippen LogP contribution in [0.2, 0.25) is 5.02 Å². The zero-order valence-electron chi connectivity index (χ0n) is 10.9. The van der Waals surface area contributed by atoms with Gasteiger partial charge < -0.3 is 15.6 Å². The maximum absolute atomic E-state index is 12.6. The summed E-state index contributed by atoms with van der Waals surface area (Å²) >= 11 is 5.82. The van der Waals surface area contributed by atoms with E-state index in [0.29, 0.717) is 0 Å². The molecule has 0 saturated carbocycles. The molecule has 0 amide bonds. The molecule has 3 N–H and O–H groups in total. The molecular weight excluding hydrogens is 306 g/mol. The zero-order chi connectivity index (χ0) is 14.9. The largest absolute Gasteiger partial charge is 0.394 e. The number of nitrogen functional groups attached to an aromatic ring is 1. The van der Waals surface area contributed by atoms with Crippen LogP contribution in [0.15, 0.2) is 17.2 Å². The lowest BCUT2D eigenvalue weighted by atomic mass is 10.2. The lowest BCUT2D eigenvalue weighted by Crippen LogP contribution is -2.51. The van der Waals surface area contributed by atoms with Gasteiger partial charge in [-0.3, -0.25) is 0 Å². The van der Waals surface area contributed by atoms with E-state index in [-0.39, 0.29) is 41.5 Å². The Bertz CT molecular complexity index is 595. The van der Waals surface area contributed by atoms with Crippen molar-refractivity contribution in [2.45, 2.75) is 24.0 Å². The van der Waals surface area contributed by atoms with Crippen molar-refractivity contribution in [2.75, 3.05) is 25.5 Å². The van der Waals surface area contributed by atoms with Gasteiger partial charge in [0.25, 0.3) is 0 Å². The number of anilines is 1. The lowest BCUT2D eigenvalue weighted by Gasteiger charge is -2.36. The number of hydrogen-bond donors (Lipinski definition) is 2. The number of halogens is 1. The van der Waals surface area contributed by atoms with Gasteiger partial charge >= 0.3 is 0 Å². The number of aromatic nitrogens is 1. The van der Waals surface area contributed by atoms with Crippen LogP contribution >= 0.6 is 11.6 Å². The maximum atomic E-state index is 12.6. The number of hydrogen-bond acceptors (Lipinski definition) is 6. The average molecular weight is 322 g/mol. The van der Waals surface area contributed by atoms with E-state index in [1.165, 1.54) is 16.6 Å². The molecule has 0 radical (unpaired) electrons. The molecule has 1 saturated heterocycles. The van der Waals surface area contributed by atoms with E-state index in [2.05, 4.69) is 4.98 Å². The topological polar surface area (TPSA) is 106 Å². The van der Waals surface area contributed by atoms with Crippen molar-refractivity contribution >= 4 is 27.4 Å². The van der Waals surface area contributed by atoms with Gasteiger partial charge in [-0.25, -0.2) is 13.4 Å². The molecule has 1 fully saturated rings. The van der Waals surface area contributed by atoms with Gasteiger partial charge in [0.1, 0.15) is 10.7 Å². The summed E-state index contributed by atoms with van der Waals surface area (Å²) in [6, 6.07) is 0.939. The molecule has 2 heterocycles. The van der Waals surface area contributed by atoms with E-state index >= 15 is 0 Å². The fourth-order valence-electron chi connectivity index (χ4n) is 1.94. The van der Waals surface area contributed by atoms with Crippen LogP contribution in [0.25, 0.3) is 0 Å². The molecule has 0 aromatic carbocycles. The predicted molar refractivity (Wildman–Crippen MR) is 73.8 cm³/mol. The Labute approximate surface area is 122 Å². The van der Waals surface area contributed by atoms with Crippen molar-refractivity contribution in [3.05, 3.63) is 17.3 Å². The first kappa shape index (κ1) is 15.5.